The van der Waals surface area contributed by atoms with Gasteiger partial charge in [-0.25, -0.2) is 14.2 Å². The first-order chi connectivity index (χ1) is 24.8. The molecule has 4 aromatic rings. The highest BCUT2D eigenvalue weighted by molar-refractivity contribution is 5.93. The van der Waals surface area contributed by atoms with Crippen LogP contribution in [0, 0.1) is 5.82 Å². The number of unbranched alkanes of at least 4 members (excludes halogenated alkanes) is 2. The van der Waals surface area contributed by atoms with Crippen LogP contribution in [0.1, 0.15) is 107 Å². The van der Waals surface area contributed by atoms with Crippen molar-refractivity contribution in [2.24, 2.45) is 0 Å². The number of halogens is 1. The molecule has 2 fully saturated rings. The first-order valence-electron chi connectivity index (χ1n) is 18.8. The molecule has 2 atom stereocenters. The van der Waals surface area contributed by atoms with Crippen molar-refractivity contribution in [1.82, 2.24) is 9.55 Å². The van der Waals surface area contributed by atoms with Gasteiger partial charge in [-0.15, -0.1) is 0 Å². The lowest BCUT2D eigenvalue weighted by Crippen LogP contribution is -2.37. The molecule has 276 valence electrons. The number of hydrogen-bond donors (Lipinski definition) is 2. The van der Waals surface area contributed by atoms with E-state index >= 15 is 4.39 Å². The molecule has 0 bridgehead atoms. The molecule has 2 unspecified atom stereocenters. The summed E-state index contributed by atoms with van der Waals surface area (Å²) in [6, 6.07) is 16.2. The van der Waals surface area contributed by atoms with Gasteiger partial charge < -0.3 is 34.1 Å². The van der Waals surface area contributed by atoms with Crippen LogP contribution in [0.15, 0.2) is 54.6 Å². The molecule has 2 saturated heterocycles. The maximum atomic E-state index is 16.1. The Hall–Kier alpha value is -4.15. The molecule has 51 heavy (non-hydrogen) atoms. The van der Waals surface area contributed by atoms with Crippen LogP contribution in [-0.2, 0) is 11.3 Å². The predicted molar refractivity (Wildman–Crippen MR) is 203 cm³/mol. The number of ether oxygens (including phenoxy) is 2. The van der Waals surface area contributed by atoms with E-state index in [4.69, 9.17) is 14.5 Å². The summed E-state index contributed by atoms with van der Waals surface area (Å²) in [6.07, 6.45) is 8.34. The summed E-state index contributed by atoms with van der Waals surface area (Å²) in [5.41, 5.74) is 4.84. The van der Waals surface area contributed by atoms with Crippen molar-refractivity contribution < 1.29 is 28.9 Å². The van der Waals surface area contributed by atoms with Gasteiger partial charge in [0.25, 0.3) is 0 Å². The highest BCUT2D eigenvalue weighted by Crippen LogP contribution is 2.36. The smallest absolute Gasteiger partial charge is 0.335 e. The topological polar surface area (TPSA) is 100 Å². The maximum Gasteiger partial charge on any atom is 0.335 e. The molecular weight excluding hydrogens is 647 g/mol. The number of methoxy groups -OCH3 is 1. The molecule has 2 aliphatic heterocycles. The molecule has 0 amide bonds. The Morgan fingerprint density at radius 3 is 2.43 bits per heavy atom. The number of fused-ring (bicyclic) bond motifs is 1. The minimum Gasteiger partial charge on any atom is -0.489 e. The number of hydrogen-bond acceptors (Lipinski definition) is 7. The first-order valence-corrected chi connectivity index (χ1v) is 18.8. The van der Waals surface area contributed by atoms with Crippen molar-refractivity contribution in [2.75, 3.05) is 36.5 Å². The quantitative estimate of drug-likeness (QED) is 0.126. The maximum absolute atomic E-state index is 16.1. The van der Waals surface area contributed by atoms with Gasteiger partial charge >= 0.3 is 5.97 Å². The number of carboxylic acid groups (broad SMARTS) is 1. The van der Waals surface area contributed by atoms with Gasteiger partial charge in [-0.1, -0.05) is 47.0 Å². The zero-order chi connectivity index (χ0) is 36.5. The van der Waals surface area contributed by atoms with E-state index in [0.29, 0.717) is 22.7 Å². The van der Waals surface area contributed by atoms with Gasteiger partial charge in [0.05, 0.1) is 28.3 Å². The van der Waals surface area contributed by atoms with Crippen LogP contribution in [0.4, 0.5) is 15.8 Å². The van der Waals surface area contributed by atoms with E-state index in [9.17, 15) is 15.0 Å². The number of carboxylic acids is 1. The molecule has 3 aromatic carbocycles. The highest BCUT2D eigenvalue weighted by Gasteiger charge is 2.26. The lowest BCUT2D eigenvalue weighted by atomic mass is 10.0. The number of carbonyl (C=O) groups is 1. The number of aromatic nitrogens is 2. The Bertz CT molecular complexity index is 1750. The van der Waals surface area contributed by atoms with Crippen molar-refractivity contribution >= 4 is 28.4 Å². The van der Waals surface area contributed by atoms with E-state index < -0.39 is 18.0 Å². The molecule has 0 radical (unpaired) electrons. The van der Waals surface area contributed by atoms with Gasteiger partial charge in [-0.2, -0.15) is 0 Å². The molecule has 0 saturated carbocycles. The molecular formula is C41H55FN4O5. The highest BCUT2D eigenvalue weighted by atomic mass is 19.1. The number of aromatic carboxylic acids is 1. The zero-order valence-electron chi connectivity index (χ0n) is 30.9. The lowest BCUT2D eigenvalue weighted by Gasteiger charge is -2.35. The third kappa shape index (κ3) is 8.67. The molecule has 0 aliphatic carbocycles. The molecule has 2 aliphatic rings. The van der Waals surface area contributed by atoms with E-state index in [1.54, 1.807) is 37.4 Å². The molecule has 2 N–H and O–H groups in total. The summed E-state index contributed by atoms with van der Waals surface area (Å²) in [4.78, 5) is 20.9. The number of rotatable bonds is 14. The second-order valence-electron chi connectivity index (χ2n) is 13.4. The minimum atomic E-state index is -1.02. The van der Waals surface area contributed by atoms with E-state index in [2.05, 4.69) is 41.5 Å². The fourth-order valence-corrected chi connectivity index (χ4v) is 7.42. The van der Waals surface area contributed by atoms with Crippen molar-refractivity contribution in [1.29, 1.82) is 0 Å². The second kappa shape index (κ2) is 17.9. The molecule has 3 heterocycles. The van der Waals surface area contributed by atoms with Gasteiger partial charge in [0.15, 0.2) is 0 Å². The van der Waals surface area contributed by atoms with Crippen LogP contribution in [0.5, 0.6) is 5.75 Å². The largest absolute Gasteiger partial charge is 0.489 e. The molecule has 0 spiro atoms. The molecule has 10 heteroatoms. The molecule has 1 aromatic heterocycles. The summed E-state index contributed by atoms with van der Waals surface area (Å²) in [6.45, 7) is 11.1. The Kier molecular flexibility index (Phi) is 13.3. The van der Waals surface area contributed by atoms with E-state index in [1.165, 1.54) is 6.07 Å². The van der Waals surface area contributed by atoms with Gasteiger partial charge in [0, 0.05) is 55.8 Å². The van der Waals surface area contributed by atoms with E-state index in [1.807, 2.05) is 18.7 Å². The Morgan fingerprint density at radius 2 is 1.78 bits per heavy atom. The SMILES string of the molecule is CC.CCCCCC(CC)n1c(-c2ccc(OCc3cc(N4CCCC4O)ccc3N3CCC(OC)CC3)cc2F)nc2cc(C(=O)O)ccc21. The van der Waals surface area contributed by atoms with E-state index in [0.717, 1.165) is 99.9 Å². The third-order valence-corrected chi connectivity index (χ3v) is 10.2. The average molecular weight is 703 g/mol. The normalized spacial score (nSPS) is 17.0. The van der Waals surface area contributed by atoms with Crippen LogP contribution >= 0.6 is 0 Å². The van der Waals surface area contributed by atoms with Gasteiger partial charge in [-0.05, 0) is 87.1 Å². The van der Waals surface area contributed by atoms with Crippen molar-refractivity contribution in [3.8, 4) is 17.1 Å². The van der Waals surface area contributed by atoms with Gasteiger partial charge in [0.2, 0.25) is 0 Å². The van der Waals surface area contributed by atoms with Gasteiger partial charge in [0.1, 0.15) is 30.2 Å². The van der Waals surface area contributed by atoms with Crippen LogP contribution in [-0.4, -0.2) is 64.8 Å². The summed E-state index contributed by atoms with van der Waals surface area (Å²) in [5.74, 6) is -0.580. The van der Waals surface area contributed by atoms with Crippen LogP contribution < -0.4 is 14.5 Å². The number of nitrogens with zero attached hydrogens (tertiary/aromatic N) is 4. The van der Waals surface area contributed by atoms with Crippen LogP contribution in [0.25, 0.3) is 22.4 Å². The fourth-order valence-electron chi connectivity index (χ4n) is 7.42. The monoisotopic (exact) mass is 702 g/mol. The summed E-state index contributed by atoms with van der Waals surface area (Å²) < 4.78 is 30.1. The van der Waals surface area contributed by atoms with Crippen LogP contribution in [0.3, 0.4) is 0 Å². The van der Waals surface area contributed by atoms with Crippen molar-refractivity contribution in [2.45, 2.75) is 110 Å². The predicted octanol–water partition coefficient (Wildman–Crippen LogP) is 9.21. The summed E-state index contributed by atoms with van der Waals surface area (Å²) in [7, 11) is 1.76. The summed E-state index contributed by atoms with van der Waals surface area (Å²) >= 11 is 0. The molecule has 6 rings (SSSR count). The number of aliphatic hydroxyl groups is 1. The second-order valence-corrected chi connectivity index (χ2v) is 13.4. The number of benzene rings is 3. The standard InChI is InChI=1S/C39H49FN4O5.C2H6/c1-4-6-7-9-28(5-2)44-36-15-11-26(39(46)47)23-34(36)41-38(44)32-14-13-31(24-33(32)40)49-25-27-22-29(43-19-8-10-37(43)45)12-16-35(27)42-20-17-30(48-3)18-21-42;1-2/h11-16,22-24,28,30,37,45H,4-10,17-21,25H2,1-3H3,(H,46,47);1-2H3. The Morgan fingerprint density at radius 1 is 1.00 bits per heavy atom. The minimum absolute atomic E-state index is 0.0892. The molecule has 9 nitrogen and oxygen atoms in total. The average Bonchev–Trinajstić information content (AvgIpc) is 3.76. The number of imidazole rings is 1. The van der Waals surface area contributed by atoms with Crippen molar-refractivity contribution in [3.63, 3.8) is 0 Å². The summed E-state index contributed by atoms with van der Waals surface area (Å²) in [5, 5.41) is 20.2. The third-order valence-electron chi connectivity index (χ3n) is 10.2. The van der Waals surface area contributed by atoms with Crippen LogP contribution in [0.2, 0.25) is 0 Å². The number of anilines is 2. The van der Waals surface area contributed by atoms with Gasteiger partial charge in [-0.3, -0.25) is 0 Å². The number of piperidine rings is 1. The number of aliphatic hydroxyl groups excluding tert-OH is 1. The van der Waals surface area contributed by atoms with Crippen molar-refractivity contribution in [3.05, 3.63) is 71.5 Å². The Labute approximate surface area is 302 Å². The zero-order valence-corrected chi connectivity index (χ0v) is 30.9. The lowest BCUT2D eigenvalue weighted by molar-refractivity contribution is 0.0697. The fraction of sp³-hybridized carbons (Fsp3) is 0.512. The van der Waals surface area contributed by atoms with E-state index in [-0.39, 0.29) is 24.3 Å². The Balaban J connectivity index is 0.00000248. The first kappa shape index (κ1) is 38.1.